The van der Waals surface area contributed by atoms with Crippen LogP contribution < -0.4 is 10.6 Å². The van der Waals surface area contributed by atoms with Gasteiger partial charge in [0.05, 0.1) is 6.54 Å². The third-order valence-corrected chi connectivity index (χ3v) is 3.45. The Labute approximate surface area is 157 Å². The minimum atomic E-state index is -0.465. The molecular weight excluding hydrogens is 407 g/mol. The molecule has 23 heavy (non-hydrogen) atoms. The highest BCUT2D eigenvalue weighted by molar-refractivity contribution is 14.0. The molecule has 1 amide bonds. The van der Waals surface area contributed by atoms with Gasteiger partial charge in [-0.3, -0.25) is 4.99 Å². The van der Waals surface area contributed by atoms with Crippen LogP contribution in [-0.2, 0) is 4.74 Å². The lowest BCUT2D eigenvalue weighted by molar-refractivity contribution is 0.0304. The van der Waals surface area contributed by atoms with Gasteiger partial charge in [0.15, 0.2) is 5.96 Å². The van der Waals surface area contributed by atoms with Crippen LogP contribution in [0.5, 0.6) is 0 Å². The van der Waals surface area contributed by atoms with Gasteiger partial charge >= 0.3 is 6.09 Å². The smallest absolute Gasteiger partial charge is 0.410 e. The van der Waals surface area contributed by atoms with E-state index in [9.17, 15) is 4.79 Å². The summed E-state index contributed by atoms with van der Waals surface area (Å²) in [6, 6.07) is 0.529. The first kappa shape index (κ1) is 22.3. The zero-order valence-corrected chi connectivity index (χ0v) is 17.5. The first-order valence-electron chi connectivity index (χ1n) is 8.31. The maximum atomic E-state index is 11.9. The molecule has 0 heterocycles. The summed E-state index contributed by atoms with van der Waals surface area (Å²) in [6.07, 6.45) is 4.69. The van der Waals surface area contributed by atoms with E-state index in [0.29, 0.717) is 19.1 Å². The van der Waals surface area contributed by atoms with Crippen LogP contribution in [0.25, 0.3) is 0 Å². The maximum Gasteiger partial charge on any atom is 0.410 e. The van der Waals surface area contributed by atoms with E-state index in [1.165, 1.54) is 25.7 Å². The van der Waals surface area contributed by atoms with Gasteiger partial charge in [0.2, 0.25) is 0 Å². The van der Waals surface area contributed by atoms with E-state index in [1.807, 2.05) is 20.8 Å². The lowest BCUT2D eigenvalue weighted by Gasteiger charge is -2.24. The predicted octanol–water partition coefficient (Wildman–Crippen LogP) is 2.97. The van der Waals surface area contributed by atoms with E-state index in [-0.39, 0.29) is 30.1 Å². The topological polar surface area (TPSA) is 66.0 Å². The Morgan fingerprint density at radius 1 is 1.30 bits per heavy atom. The van der Waals surface area contributed by atoms with Crippen molar-refractivity contribution in [2.45, 2.75) is 65.0 Å². The molecule has 0 aliphatic heterocycles. The molecule has 0 bridgehead atoms. The maximum absolute atomic E-state index is 11.9. The molecule has 1 aliphatic carbocycles. The normalized spacial score (nSPS) is 15.8. The molecule has 0 atom stereocenters. The number of hydrogen-bond acceptors (Lipinski definition) is 3. The molecule has 0 aromatic heterocycles. The van der Waals surface area contributed by atoms with Crippen LogP contribution in [0.15, 0.2) is 4.99 Å². The number of likely N-dealkylation sites (N-methyl/N-ethyl adjacent to an activating group) is 1. The molecule has 136 valence electrons. The minimum absolute atomic E-state index is 0. The number of aliphatic imine (C=N–C) groups is 1. The Bertz CT molecular complexity index is 377. The summed E-state index contributed by atoms with van der Waals surface area (Å²) in [5.41, 5.74) is -0.465. The first-order chi connectivity index (χ1) is 10.3. The fourth-order valence-electron chi connectivity index (χ4n) is 2.33. The van der Waals surface area contributed by atoms with Gasteiger partial charge in [-0.25, -0.2) is 4.79 Å². The Hall–Kier alpha value is -0.730. The summed E-state index contributed by atoms with van der Waals surface area (Å²) in [7, 11) is 1.74. The van der Waals surface area contributed by atoms with Crippen molar-refractivity contribution in [3.05, 3.63) is 0 Å². The van der Waals surface area contributed by atoms with Crippen LogP contribution in [0.2, 0.25) is 0 Å². The Morgan fingerprint density at radius 2 is 1.91 bits per heavy atom. The molecule has 0 aromatic carbocycles. The van der Waals surface area contributed by atoms with E-state index < -0.39 is 5.60 Å². The highest BCUT2D eigenvalue weighted by Gasteiger charge is 2.19. The second kappa shape index (κ2) is 10.9. The van der Waals surface area contributed by atoms with E-state index in [0.717, 1.165) is 12.5 Å². The Kier molecular flexibility index (Phi) is 10.6. The summed E-state index contributed by atoms with van der Waals surface area (Å²) < 4.78 is 5.32. The number of rotatable bonds is 5. The van der Waals surface area contributed by atoms with Crippen molar-refractivity contribution < 1.29 is 9.53 Å². The van der Waals surface area contributed by atoms with Crippen LogP contribution in [0.1, 0.15) is 53.4 Å². The standard InChI is InChI=1S/C16H32N4O2.HI/c1-6-17-14(19-13-9-7-8-10-13)18-11-12-20(5)15(21)22-16(2,3)4;/h13H,6-12H2,1-5H3,(H2,17,18,19);1H. The van der Waals surface area contributed by atoms with Gasteiger partial charge in [-0.1, -0.05) is 12.8 Å². The zero-order chi connectivity index (χ0) is 16.6. The summed E-state index contributed by atoms with van der Waals surface area (Å²) in [4.78, 5) is 18.0. The number of ether oxygens (including phenoxy) is 1. The van der Waals surface area contributed by atoms with Crippen LogP contribution in [0.4, 0.5) is 4.79 Å². The number of nitrogens with one attached hydrogen (secondary N) is 2. The predicted molar refractivity (Wildman–Crippen MR) is 106 cm³/mol. The van der Waals surface area contributed by atoms with Crippen molar-refractivity contribution in [3.8, 4) is 0 Å². The van der Waals surface area contributed by atoms with Crippen molar-refractivity contribution in [1.82, 2.24) is 15.5 Å². The molecule has 0 radical (unpaired) electrons. The van der Waals surface area contributed by atoms with Crippen molar-refractivity contribution in [2.24, 2.45) is 4.99 Å². The quantitative estimate of drug-likeness (QED) is 0.392. The number of halogens is 1. The SMILES string of the molecule is CCNC(=NCCN(C)C(=O)OC(C)(C)C)NC1CCCC1.I. The monoisotopic (exact) mass is 440 g/mol. The number of carbonyl (C=O) groups is 1. The molecule has 1 fully saturated rings. The molecule has 1 saturated carbocycles. The largest absolute Gasteiger partial charge is 0.444 e. The van der Waals surface area contributed by atoms with Crippen molar-refractivity contribution in [1.29, 1.82) is 0 Å². The van der Waals surface area contributed by atoms with E-state index >= 15 is 0 Å². The third-order valence-electron chi connectivity index (χ3n) is 3.45. The van der Waals surface area contributed by atoms with Gasteiger partial charge in [-0.05, 0) is 40.5 Å². The second-order valence-electron chi connectivity index (χ2n) is 6.79. The summed E-state index contributed by atoms with van der Waals surface area (Å²) in [6.45, 7) is 9.58. The van der Waals surface area contributed by atoms with E-state index in [1.54, 1.807) is 11.9 Å². The lowest BCUT2D eigenvalue weighted by atomic mass is 10.2. The molecule has 6 nitrogen and oxygen atoms in total. The van der Waals surface area contributed by atoms with Crippen molar-refractivity contribution in [2.75, 3.05) is 26.7 Å². The molecular formula is C16H33IN4O2. The summed E-state index contributed by atoms with van der Waals surface area (Å²) in [5.74, 6) is 0.840. The highest BCUT2D eigenvalue weighted by atomic mass is 127. The van der Waals surface area contributed by atoms with Gasteiger partial charge in [-0.2, -0.15) is 0 Å². The number of amides is 1. The fourth-order valence-corrected chi connectivity index (χ4v) is 2.33. The molecule has 0 saturated heterocycles. The molecule has 0 unspecified atom stereocenters. The average Bonchev–Trinajstić information content (AvgIpc) is 2.89. The van der Waals surface area contributed by atoms with Crippen molar-refractivity contribution in [3.63, 3.8) is 0 Å². The number of hydrogen-bond donors (Lipinski definition) is 2. The number of nitrogens with zero attached hydrogens (tertiary/aromatic N) is 2. The van der Waals surface area contributed by atoms with Crippen LogP contribution in [-0.4, -0.2) is 55.3 Å². The number of carbonyl (C=O) groups excluding carboxylic acids is 1. The minimum Gasteiger partial charge on any atom is -0.444 e. The van der Waals surface area contributed by atoms with Gasteiger partial charge in [0, 0.05) is 26.2 Å². The second-order valence-corrected chi connectivity index (χ2v) is 6.79. The third kappa shape index (κ3) is 9.88. The van der Waals surface area contributed by atoms with Gasteiger partial charge in [0.1, 0.15) is 5.60 Å². The van der Waals surface area contributed by atoms with Crippen molar-refractivity contribution >= 4 is 36.0 Å². The van der Waals surface area contributed by atoms with Gasteiger partial charge < -0.3 is 20.3 Å². The molecule has 1 rings (SSSR count). The van der Waals surface area contributed by atoms with Gasteiger partial charge in [0.25, 0.3) is 0 Å². The summed E-state index contributed by atoms with van der Waals surface area (Å²) >= 11 is 0. The van der Waals surface area contributed by atoms with E-state index in [4.69, 9.17) is 4.74 Å². The Morgan fingerprint density at radius 3 is 2.43 bits per heavy atom. The van der Waals surface area contributed by atoms with E-state index in [2.05, 4.69) is 22.5 Å². The Balaban J connectivity index is 0.00000484. The zero-order valence-electron chi connectivity index (χ0n) is 15.1. The average molecular weight is 440 g/mol. The molecule has 1 aliphatic rings. The molecule has 0 aromatic rings. The first-order valence-corrected chi connectivity index (χ1v) is 8.31. The molecule has 7 heteroatoms. The van der Waals surface area contributed by atoms with Crippen LogP contribution in [0.3, 0.4) is 0 Å². The number of guanidine groups is 1. The summed E-state index contributed by atoms with van der Waals surface area (Å²) in [5, 5.41) is 6.72. The lowest BCUT2D eigenvalue weighted by Crippen LogP contribution is -2.43. The fraction of sp³-hybridized carbons (Fsp3) is 0.875. The molecule has 0 spiro atoms. The van der Waals surface area contributed by atoms with Crippen LogP contribution in [0, 0.1) is 0 Å². The van der Waals surface area contributed by atoms with Gasteiger partial charge in [-0.15, -0.1) is 24.0 Å². The van der Waals surface area contributed by atoms with Crippen LogP contribution >= 0.6 is 24.0 Å². The molecule has 2 N–H and O–H groups in total. The highest BCUT2D eigenvalue weighted by Crippen LogP contribution is 2.17.